The van der Waals surface area contributed by atoms with Crippen molar-refractivity contribution in [1.82, 2.24) is 10.2 Å². The molecule has 1 saturated heterocycles. The molecule has 2 atom stereocenters. The Morgan fingerprint density at radius 2 is 1.95 bits per heavy atom. The number of benzene rings is 1. The van der Waals surface area contributed by atoms with Crippen LogP contribution in [0.25, 0.3) is 0 Å². The van der Waals surface area contributed by atoms with Crippen molar-refractivity contribution in [3.63, 3.8) is 0 Å². The molecular formula is C16H24F2N2. The number of nitrogens with one attached hydrogen (secondary N) is 1. The largest absolute Gasteiger partial charge is 0.311 e. The van der Waals surface area contributed by atoms with Crippen LogP contribution >= 0.6 is 0 Å². The summed E-state index contributed by atoms with van der Waals surface area (Å²) in [5.74, 6) is -1.53. The van der Waals surface area contributed by atoms with Crippen molar-refractivity contribution in [1.29, 1.82) is 0 Å². The van der Waals surface area contributed by atoms with Crippen LogP contribution in [0.5, 0.6) is 0 Å². The van der Waals surface area contributed by atoms with Crippen LogP contribution in [0.15, 0.2) is 18.2 Å². The average Bonchev–Trinajstić information content (AvgIpc) is 2.42. The maximum Gasteiger partial charge on any atom is 0.159 e. The van der Waals surface area contributed by atoms with Gasteiger partial charge in [-0.2, -0.15) is 0 Å². The summed E-state index contributed by atoms with van der Waals surface area (Å²) in [6.45, 7) is 7.09. The van der Waals surface area contributed by atoms with Gasteiger partial charge in [-0.05, 0) is 57.0 Å². The van der Waals surface area contributed by atoms with Crippen LogP contribution < -0.4 is 5.32 Å². The molecule has 1 aromatic rings. The lowest BCUT2D eigenvalue weighted by Crippen LogP contribution is -2.43. The van der Waals surface area contributed by atoms with Gasteiger partial charge in [0.1, 0.15) is 0 Å². The summed E-state index contributed by atoms with van der Waals surface area (Å²) in [5.41, 5.74) is 0.845. The molecule has 2 rings (SSSR count). The first kappa shape index (κ1) is 15.4. The zero-order valence-corrected chi connectivity index (χ0v) is 12.3. The first-order valence-corrected chi connectivity index (χ1v) is 7.50. The molecule has 0 radical (unpaired) electrons. The SMILES string of the molecule is CCC1CCN(Cc2ccc(F)c(F)c2)CCC(C)N1. The predicted molar refractivity (Wildman–Crippen MR) is 77.5 cm³/mol. The van der Waals surface area contributed by atoms with Crippen LogP contribution in [0.1, 0.15) is 38.7 Å². The van der Waals surface area contributed by atoms with Gasteiger partial charge in [-0.1, -0.05) is 13.0 Å². The highest BCUT2D eigenvalue weighted by Gasteiger charge is 2.18. The third-order valence-electron chi connectivity index (χ3n) is 4.08. The topological polar surface area (TPSA) is 15.3 Å². The molecule has 2 unspecified atom stereocenters. The molecule has 0 saturated carbocycles. The quantitative estimate of drug-likeness (QED) is 0.915. The number of hydrogen-bond acceptors (Lipinski definition) is 2. The van der Waals surface area contributed by atoms with Gasteiger partial charge in [-0.3, -0.25) is 4.90 Å². The maximum absolute atomic E-state index is 13.3. The normalized spacial score (nSPS) is 25.2. The van der Waals surface area contributed by atoms with E-state index < -0.39 is 11.6 Å². The summed E-state index contributed by atoms with van der Waals surface area (Å²) < 4.78 is 26.2. The highest BCUT2D eigenvalue weighted by Crippen LogP contribution is 2.14. The van der Waals surface area contributed by atoms with Gasteiger partial charge in [0, 0.05) is 18.6 Å². The van der Waals surface area contributed by atoms with Crippen LogP contribution in [-0.4, -0.2) is 30.1 Å². The molecule has 1 aromatic carbocycles. The number of nitrogens with zero attached hydrogens (tertiary/aromatic N) is 1. The molecule has 0 amide bonds. The van der Waals surface area contributed by atoms with Gasteiger partial charge in [-0.25, -0.2) is 8.78 Å². The van der Waals surface area contributed by atoms with Crippen molar-refractivity contribution in [2.45, 2.75) is 51.7 Å². The Hall–Kier alpha value is -1.00. The standard InChI is InChI=1S/C16H24F2N2/c1-3-14-7-9-20(8-6-12(2)19-14)11-13-4-5-15(17)16(18)10-13/h4-5,10,12,14,19H,3,6-9,11H2,1-2H3. The Bertz CT molecular complexity index is 436. The molecule has 2 nitrogen and oxygen atoms in total. The third-order valence-corrected chi connectivity index (χ3v) is 4.08. The minimum absolute atomic E-state index is 0.507. The fourth-order valence-electron chi connectivity index (χ4n) is 2.77. The first-order valence-electron chi connectivity index (χ1n) is 7.50. The Morgan fingerprint density at radius 1 is 1.20 bits per heavy atom. The second kappa shape index (κ2) is 7.14. The number of halogens is 2. The highest BCUT2D eigenvalue weighted by atomic mass is 19.2. The summed E-state index contributed by atoms with van der Waals surface area (Å²) in [6, 6.07) is 5.27. The molecule has 1 aliphatic rings. The van der Waals surface area contributed by atoms with E-state index >= 15 is 0 Å². The van der Waals surface area contributed by atoms with Gasteiger partial charge < -0.3 is 5.32 Å². The molecule has 1 aliphatic heterocycles. The van der Waals surface area contributed by atoms with Gasteiger partial charge in [0.25, 0.3) is 0 Å². The molecule has 20 heavy (non-hydrogen) atoms. The van der Waals surface area contributed by atoms with Gasteiger partial charge in [0.05, 0.1) is 0 Å². The lowest BCUT2D eigenvalue weighted by molar-refractivity contribution is 0.206. The van der Waals surface area contributed by atoms with E-state index in [1.54, 1.807) is 6.07 Å². The fourth-order valence-corrected chi connectivity index (χ4v) is 2.77. The smallest absolute Gasteiger partial charge is 0.159 e. The fraction of sp³-hybridized carbons (Fsp3) is 0.625. The molecule has 1 fully saturated rings. The molecule has 4 heteroatoms. The summed E-state index contributed by atoms with van der Waals surface area (Å²) in [6.07, 6.45) is 3.31. The summed E-state index contributed by atoms with van der Waals surface area (Å²) in [5, 5.41) is 3.63. The van der Waals surface area contributed by atoms with Gasteiger partial charge in [-0.15, -0.1) is 0 Å². The minimum atomic E-state index is -0.773. The van der Waals surface area contributed by atoms with Crippen molar-refractivity contribution in [3.8, 4) is 0 Å². The Labute approximate surface area is 120 Å². The van der Waals surface area contributed by atoms with Crippen LogP contribution in [0, 0.1) is 11.6 Å². The van der Waals surface area contributed by atoms with Gasteiger partial charge in [0.2, 0.25) is 0 Å². The van der Waals surface area contributed by atoms with E-state index in [0.717, 1.165) is 37.9 Å². The Balaban J connectivity index is 1.98. The van der Waals surface area contributed by atoms with E-state index in [0.29, 0.717) is 18.6 Å². The van der Waals surface area contributed by atoms with Crippen molar-refractivity contribution < 1.29 is 8.78 Å². The van der Waals surface area contributed by atoms with Crippen LogP contribution in [0.3, 0.4) is 0 Å². The molecule has 0 aromatic heterocycles. The predicted octanol–water partition coefficient (Wildman–Crippen LogP) is 3.32. The molecule has 1 N–H and O–H groups in total. The molecule has 112 valence electrons. The highest BCUT2D eigenvalue weighted by molar-refractivity contribution is 5.17. The zero-order chi connectivity index (χ0) is 14.5. The van der Waals surface area contributed by atoms with Crippen molar-refractivity contribution in [2.75, 3.05) is 13.1 Å². The van der Waals surface area contributed by atoms with Crippen molar-refractivity contribution >= 4 is 0 Å². The average molecular weight is 282 g/mol. The van der Waals surface area contributed by atoms with E-state index in [1.807, 2.05) is 0 Å². The van der Waals surface area contributed by atoms with E-state index in [9.17, 15) is 8.78 Å². The zero-order valence-electron chi connectivity index (χ0n) is 12.3. The third kappa shape index (κ3) is 4.25. The molecule has 0 spiro atoms. The van der Waals surface area contributed by atoms with E-state index in [2.05, 4.69) is 24.1 Å². The summed E-state index contributed by atoms with van der Waals surface area (Å²) in [7, 11) is 0. The van der Waals surface area contributed by atoms with Crippen molar-refractivity contribution in [2.24, 2.45) is 0 Å². The first-order chi connectivity index (χ1) is 9.58. The molecular weight excluding hydrogens is 258 g/mol. The number of rotatable bonds is 3. The molecule has 1 heterocycles. The Morgan fingerprint density at radius 3 is 2.65 bits per heavy atom. The Kier molecular flexibility index (Phi) is 5.49. The van der Waals surface area contributed by atoms with Gasteiger partial charge in [0.15, 0.2) is 11.6 Å². The van der Waals surface area contributed by atoms with Crippen LogP contribution in [0.2, 0.25) is 0 Å². The lowest BCUT2D eigenvalue weighted by atomic mass is 10.0. The minimum Gasteiger partial charge on any atom is -0.311 e. The second-order valence-electron chi connectivity index (χ2n) is 5.77. The monoisotopic (exact) mass is 282 g/mol. The van der Waals surface area contributed by atoms with E-state index in [-0.39, 0.29) is 0 Å². The van der Waals surface area contributed by atoms with Crippen LogP contribution in [0.4, 0.5) is 8.78 Å². The van der Waals surface area contributed by atoms with Crippen LogP contribution in [-0.2, 0) is 6.54 Å². The summed E-state index contributed by atoms with van der Waals surface area (Å²) in [4.78, 5) is 2.34. The molecule has 0 aliphatic carbocycles. The van der Waals surface area contributed by atoms with Crippen molar-refractivity contribution in [3.05, 3.63) is 35.4 Å². The maximum atomic E-state index is 13.3. The number of hydrogen-bond donors (Lipinski definition) is 1. The molecule has 0 bridgehead atoms. The lowest BCUT2D eigenvalue weighted by Gasteiger charge is -2.32. The van der Waals surface area contributed by atoms with Gasteiger partial charge >= 0.3 is 0 Å². The second-order valence-corrected chi connectivity index (χ2v) is 5.77. The van der Waals surface area contributed by atoms with E-state index in [4.69, 9.17) is 0 Å². The summed E-state index contributed by atoms with van der Waals surface area (Å²) >= 11 is 0. The van der Waals surface area contributed by atoms with E-state index in [1.165, 1.54) is 12.1 Å².